The monoisotopic (exact) mass is 211 g/mol. The van der Waals surface area contributed by atoms with Crippen LogP contribution >= 0.6 is 0 Å². The van der Waals surface area contributed by atoms with Crippen LogP contribution in [0.25, 0.3) is 0 Å². The van der Waals surface area contributed by atoms with Gasteiger partial charge >= 0.3 is 13.2 Å². The van der Waals surface area contributed by atoms with Crippen LogP contribution in [0.2, 0.25) is 0 Å². The molecule has 2 N–H and O–H groups in total. The van der Waals surface area contributed by atoms with E-state index in [1.165, 1.54) is 12.3 Å². The number of carboxylic acid groups (broad SMARTS) is 1. The molecule has 1 aromatic rings. The number of nitrogens with zero attached hydrogens (tertiary/aromatic N) is 1. The summed E-state index contributed by atoms with van der Waals surface area (Å²) in [5, 5.41) is 18.5. The van der Waals surface area contributed by atoms with Crippen molar-refractivity contribution in [2.45, 2.75) is 26.4 Å². The molecule has 0 unspecified atom stereocenters. The quantitative estimate of drug-likeness (QED) is 0.699. The van der Waals surface area contributed by atoms with Crippen LogP contribution in [0.15, 0.2) is 18.3 Å². The number of aromatic nitrogens is 1. The molecule has 0 aliphatic carbocycles. The summed E-state index contributed by atoms with van der Waals surface area (Å²) in [5.41, 5.74) is -0.329. The fraction of sp³-hybridized carbons (Fsp3) is 0.444. The molecule has 0 radical (unpaired) electrons. The molecule has 0 saturated carbocycles. The minimum atomic E-state index is -1.24. The largest absolute Gasteiger partial charge is 0.509 e. The van der Waals surface area contributed by atoms with Crippen molar-refractivity contribution in [3.05, 3.63) is 18.3 Å². The number of hydrogen-bond donors (Lipinski definition) is 2. The lowest BCUT2D eigenvalue weighted by Crippen LogP contribution is -2.44. The summed E-state index contributed by atoms with van der Waals surface area (Å²) >= 11 is 0. The molecular weight excluding hydrogens is 197 g/mol. The van der Waals surface area contributed by atoms with Gasteiger partial charge in [0.05, 0.1) is 5.59 Å². The van der Waals surface area contributed by atoms with E-state index in [0.717, 1.165) is 4.57 Å². The smallest absolute Gasteiger partial charge is 0.464 e. The van der Waals surface area contributed by atoms with E-state index in [1.807, 2.05) is 0 Å². The highest BCUT2D eigenvalue weighted by Gasteiger charge is 2.27. The van der Waals surface area contributed by atoms with E-state index in [-0.39, 0.29) is 5.59 Å². The van der Waals surface area contributed by atoms with Gasteiger partial charge in [0, 0.05) is 11.8 Å². The normalized spacial score (nSPS) is 11.5. The Bertz CT molecular complexity index is 355. The Hall–Kier alpha value is -1.27. The molecule has 0 atom stereocenters. The van der Waals surface area contributed by atoms with Crippen molar-refractivity contribution in [1.82, 2.24) is 4.57 Å². The zero-order valence-corrected chi connectivity index (χ0v) is 8.97. The van der Waals surface area contributed by atoms with E-state index >= 15 is 0 Å². The van der Waals surface area contributed by atoms with Crippen LogP contribution in [-0.4, -0.2) is 33.5 Å². The highest BCUT2D eigenvalue weighted by molar-refractivity contribution is 6.59. The number of rotatable bonds is 2. The highest BCUT2D eigenvalue weighted by Crippen LogP contribution is 2.07. The molecule has 0 aliphatic rings. The second-order valence-corrected chi connectivity index (χ2v) is 4.17. The molecule has 1 rings (SSSR count). The van der Waals surface area contributed by atoms with Crippen molar-refractivity contribution < 1.29 is 19.6 Å². The fourth-order valence-electron chi connectivity index (χ4n) is 1.16. The van der Waals surface area contributed by atoms with Crippen LogP contribution in [-0.2, 0) is 4.65 Å². The SMILES string of the molecule is CC(C)(C)OB(O)c1cccn1C(=O)O. The van der Waals surface area contributed by atoms with Gasteiger partial charge in [-0.25, -0.2) is 4.79 Å². The molecule has 1 aromatic heterocycles. The van der Waals surface area contributed by atoms with Gasteiger partial charge in [-0.05, 0) is 32.9 Å². The van der Waals surface area contributed by atoms with Gasteiger partial charge in [0.25, 0.3) is 0 Å². The van der Waals surface area contributed by atoms with E-state index in [0.29, 0.717) is 0 Å². The first-order valence-corrected chi connectivity index (χ1v) is 4.58. The zero-order valence-electron chi connectivity index (χ0n) is 8.97. The minimum absolute atomic E-state index is 0.206. The first-order valence-electron chi connectivity index (χ1n) is 4.58. The molecule has 0 amide bonds. The Morgan fingerprint density at radius 1 is 1.53 bits per heavy atom. The molecule has 0 aromatic carbocycles. The predicted molar refractivity (Wildman–Crippen MR) is 56.3 cm³/mol. The molecule has 1 heterocycles. The Balaban J connectivity index is 2.87. The summed E-state index contributed by atoms with van der Waals surface area (Å²) in [5.74, 6) is 0. The Morgan fingerprint density at radius 2 is 2.13 bits per heavy atom. The second kappa shape index (κ2) is 4.08. The lowest BCUT2D eigenvalue weighted by molar-refractivity contribution is 0.106. The van der Waals surface area contributed by atoms with Crippen LogP contribution < -0.4 is 5.59 Å². The standard InChI is InChI=1S/C9H14BNO4/c1-9(2,3)15-10(14)7-5-4-6-11(7)8(12)13/h4-6,14H,1-3H3,(H,12,13). The van der Waals surface area contributed by atoms with Gasteiger partial charge in [-0.3, -0.25) is 4.57 Å². The molecule has 0 fully saturated rings. The van der Waals surface area contributed by atoms with Crippen molar-refractivity contribution in [1.29, 1.82) is 0 Å². The molecule has 5 nitrogen and oxygen atoms in total. The third-order valence-corrected chi connectivity index (χ3v) is 1.70. The fourth-order valence-corrected chi connectivity index (χ4v) is 1.16. The third kappa shape index (κ3) is 3.11. The summed E-state index contributed by atoms with van der Waals surface area (Å²) in [7, 11) is -1.24. The third-order valence-electron chi connectivity index (χ3n) is 1.70. The van der Waals surface area contributed by atoms with Gasteiger partial charge in [0.1, 0.15) is 0 Å². The summed E-state index contributed by atoms with van der Waals surface area (Å²) in [6, 6.07) is 3.04. The topological polar surface area (TPSA) is 71.7 Å². The van der Waals surface area contributed by atoms with Crippen LogP contribution in [0.3, 0.4) is 0 Å². The molecule has 0 spiro atoms. The summed E-state index contributed by atoms with van der Waals surface area (Å²) in [6.07, 6.45) is 0.207. The van der Waals surface area contributed by atoms with Crippen LogP contribution in [0.1, 0.15) is 20.8 Å². The molecule has 0 aliphatic heterocycles. The maximum absolute atomic E-state index is 10.7. The molecule has 0 bridgehead atoms. The zero-order chi connectivity index (χ0) is 11.6. The van der Waals surface area contributed by atoms with Gasteiger partial charge in [-0.1, -0.05) is 0 Å². The minimum Gasteiger partial charge on any atom is -0.464 e. The Kier molecular flexibility index (Phi) is 3.21. The van der Waals surface area contributed by atoms with Crippen molar-refractivity contribution in [2.24, 2.45) is 0 Å². The van der Waals surface area contributed by atoms with Crippen molar-refractivity contribution in [3.8, 4) is 0 Å². The van der Waals surface area contributed by atoms with E-state index < -0.39 is 18.8 Å². The first-order chi connectivity index (χ1) is 6.81. The predicted octanol–water partition coefficient (Wildman–Crippen LogP) is 0.517. The van der Waals surface area contributed by atoms with Gasteiger partial charge in [0.2, 0.25) is 0 Å². The van der Waals surface area contributed by atoms with E-state index in [4.69, 9.17) is 9.76 Å². The van der Waals surface area contributed by atoms with Crippen LogP contribution in [0.4, 0.5) is 4.79 Å². The maximum atomic E-state index is 10.7. The van der Waals surface area contributed by atoms with Crippen LogP contribution in [0.5, 0.6) is 0 Å². The molecule has 6 heteroatoms. The maximum Gasteiger partial charge on any atom is 0.509 e. The number of hydrogen-bond acceptors (Lipinski definition) is 3. The summed E-state index contributed by atoms with van der Waals surface area (Å²) in [6.45, 7) is 5.35. The molecule has 0 saturated heterocycles. The van der Waals surface area contributed by atoms with Gasteiger partial charge < -0.3 is 14.8 Å². The lowest BCUT2D eigenvalue weighted by atomic mass is 9.84. The van der Waals surface area contributed by atoms with Crippen molar-refractivity contribution in [2.75, 3.05) is 0 Å². The molecular formula is C9H14BNO4. The average molecular weight is 211 g/mol. The van der Waals surface area contributed by atoms with E-state index in [2.05, 4.69) is 0 Å². The lowest BCUT2D eigenvalue weighted by Gasteiger charge is -2.22. The van der Waals surface area contributed by atoms with Crippen molar-refractivity contribution in [3.63, 3.8) is 0 Å². The second-order valence-electron chi connectivity index (χ2n) is 4.17. The summed E-state index contributed by atoms with van der Waals surface area (Å²) in [4.78, 5) is 10.7. The number of carbonyl (C=O) groups is 1. The van der Waals surface area contributed by atoms with Gasteiger partial charge in [-0.2, -0.15) is 0 Å². The Morgan fingerprint density at radius 3 is 2.60 bits per heavy atom. The van der Waals surface area contributed by atoms with Gasteiger partial charge in [0.15, 0.2) is 0 Å². The Labute approximate surface area is 88.4 Å². The molecule has 82 valence electrons. The van der Waals surface area contributed by atoms with Crippen LogP contribution in [0, 0.1) is 0 Å². The van der Waals surface area contributed by atoms with Gasteiger partial charge in [-0.15, -0.1) is 0 Å². The molecule has 15 heavy (non-hydrogen) atoms. The first kappa shape index (κ1) is 11.8. The van der Waals surface area contributed by atoms with E-state index in [9.17, 15) is 9.82 Å². The highest BCUT2D eigenvalue weighted by atomic mass is 16.5. The van der Waals surface area contributed by atoms with Crippen molar-refractivity contribution >= 4 is 18.8 Å². The van der Waals surface area contributed by atoms with E-state index in [1.54, 1.807) is 26.8 Å². The summed E-state index contributed by atoms with van der Waals surface area (Å²) < 4.78 is 6.17. The average Bonchev–Trinajstić information content (AvgIpc) is 2.47.